The van der Waals surface area contributed by atoms with Gasteiger partial charge in [0.2, 0.25) is 15.9 Å². The van der Waals surface area contributed by atoms with E-state index in [1.807, 2.05) is 65.0 Å². The van der Waals surface area contributed by atoms with Crippen molar-refractivity contribution in [3.8, 4) is 5.75 Å². The molecular weight excluding hydrogens is 424 g/mol. The van der Waals surface area contributed by atoms with Crippen LogP contribution in [0.2, 0.25) is 0 Å². The topological polar surface area (TPSA) is 75.7 Å². The van der Waals surface area contributed by atoms with Gasteiger partial charge in [-0.05, 0) is 81.3 Å². The Morgan fingerprint density at radius 2 is 1.66 bits per heavy atom. The van der Waals surface area contributed by atoms with Gasteiger partial charge in [0.15, 0.2) is 0 Å². The van der Waals surface area contributed by atoms with Crippen LogP contribution in [0.3, 0.4) is 0 Å². The van der Waals surface area contributed by atoms with Crippen LogP contribution in [0.1, 0.15) is 48.4 Å². The van der Waals surface area contributed by atoms with Crippen LogP contribution in [-0.2, 0) is 14.8 Å². The van der Waals surface area contributed by atoms with Gasteiger partial charge in [-0.3, -0.25) is 4.79 Å². The van der Waals surface area contributed by atoms with Crippen molar-refractivity contribution in [2.24, 2.45) is 5.92 Å². The quantitative estimate of drug-likeness (QED) is 0.650. The van der Waals surface area contributed by atoms with Crippen LogP contribution in [0.15, 0.2) is 35.2 Å². The number of aryl methyl sites for hydroxylation is 2. The second kappa shape index (κ2) is 10.0. The van der Waals surface area contributed by atoms with Gasteiger partial charge in [0.05, 0.1) is 17.2 Å². The van der Waals surface area contributed by atoms with Crippen molar-refractivity contribution in [2.45, 2.75) is 58.8 Å². The molecule has 0 atom stereocenters. The molecule has 2 aromatic rings. The van der Waals surface area contributed by atoms with E-state index in [1.165, 1.54) is 4.31 Å². The van der Waals surface area contributed by atoms with Crippen molar-refractivity contribution in [1.29, 1.82) is 0 Å². The third-order valence-electron chi connectivity index (χ3n) is 6.33. The van der Waals surface area contributed by atoms with E-state index < -0.39 is 10.0 Å². The van der Waals surface area contributed by atoms with E-state index in [0.29, 0.717) is 48.9 Å². The molecule has 3 rings (SSSR count). The monoisotopic (exact) mass is 458 g/mol. The lowest BCUT2D eigenvalue weighted by molar-refractivity contribution is -0.120. The van der Waals surface area contributed by atoms with Crippen LogP contribution in [-0.4, -0.2) is 38.3 Å². The zero-order chi connectivity index (χ0) is 23.5. The molecule has 1 aliphatic heterocycles. The molecule has 1 fully saturated rings. The Labute approximate surface area is 192 Å². The first-order valence-electron chi connectivity index (χ1n) is 11.3. The number of carbonyl (C=O) groups is 1. The number of rotatable bonds is 7. The Hall–Kier alpha value is -2.38. The van der Waals surface area contributed by atoms with Gasteiger partial charge in [-0.1, -0.05) is 25.1 Å². The Balaban J connectivity index is 1.70. The molecule has 1 saturated heterocycles. The molecule has 0 spiro atoms. The number of hydrogen-bond donors (Lipinski definition) is 1. The smallest absolute Gasteiger partial charge is 0.243 e. The number of sulfonamides is 1. The third-order valence-corrected chi connectivity index (χ3v) is 8.50. The maximum absolute atomic E-state index is 13.5. The van der Waals surface area contributed by atoms with Gasteiger partial charge < -0.3 is 10.1 Å². The van der Waals surface area contributed by atoms with Gasteiger partial charge in [-0.2, -0.15) is 4.31 Å². The van der Waals surface area contributed by atoms with Crippen LogP contribution < -0.4 is 10.1 Å². The predicted octanol–water partition coefficient (Wildman–Crippen LogP) is 4.75. The second-order valence-electron chi connectivity index (χ2n) is 8.60. The number of para-hydroxylation sites is 2. The summed E-state index contributed by atoms with van der Waals surface area (Å²) in [6.07, 6.45) is 1.87. The SMILES string of the molecule is CCCOc1ccccc1NC(=O)C1CCN(S(=O)(=O)c2c(C)c(C)cc(C)c2C)CC1. The summed E-state index contributed by atoms with van der Waals surface area (Å²) in [5.74, 6) is 0.332. The van der Waals surface area contributed by atoms with Crippen molar-refractivity contribution in [3.63, 3.8) is 0 Å². The zero-order valence-electron chi connectivity index (χ0n) is 19.7. The molecule has 0 saturated carbocycles. The van der Waals surface area contributed by atoms with Gasteiger partial charge in [0.25, 0.3) is 0 Å². The van der Waals surface area contributed by atoms with Crippen LogP contribution in [0, 0.1) is 33.6 Å². The summed E-state index contributed by atoms with van der Waals surface area (Å²) < 4.78 is 34.2. The fourth-order valence-electron chi connectivity index (χ4n) is 4.20. The van der Waals surface area contributed by atoms with Gasteiger partial charge >= 0.3 is 0 Å². The number of nitrogens with zero attached hydrogens (tertiary/aromatic N) is 1. The number of anilines is 1. The maximum Gasteiger partial charge on any atom is 0.243 e. The Morgan fingerprint density at radius 1 is 1.06 bits per heavy atom. The van der Waals surface area contributed by atoms with Crippen LogP contribution in [0.4, 0.5) is 5.69 Å². The van der Waals surface area contributed by atoms with Crippen molar-refractivity contribution < 1.29 is 17.9 Å². The highest BCUT2D eigenvalue weighted by Crippen LogP contribution is 2.32. The van der Waals surface area contributed by atoms with Crippen LogP contribution in [0.5, 0.6) is 5.75 Å². The summed E-state index contributed by atoms with van der Waals surface area (Å²) in [7, 11) is -3.61. The second-order valence-corrected chi connectivity index (χ2v) is 10.5. The number of piperidine rings is 1. The number of benzene rings is 2. The van der Waals surface area contributed by atoms with E-state index in [4.69, 9.17) is 4.74 Å². The van der Waals surface area contributed by atoms with E-state index >= 15 is 0 Å². The normalized spacial score (nSPS) is 15.5. The Morgan fingerprint density at radius 3 is 2.25 bits per heavy atom. The van der Waals surface area contributed by atoms with E-state index in [1.54, 1.807) is 0 Å². The third kappa shape index (κ3) is 4.99. The average molecular weight is 459 g/mol. The number of ether oxygens (including phenoxy) is 1. The fraction of sp³-hybridized carbons (Fsp3) is 0.480. The lowest BCUT2D eigenvalue weighted by Crippen LogP contribution is -2.42. The summed E-state index contributed by atoms with van der Waals surface area (Å²) >= 11 is 0. The van der Waals surface area contributed by atoms with Gasteiger partial charge in [0, 0.05) is 19.0 Å². The van der Waals surface area contributed by atoms with Crippen molar-refractivity contribution in [2.75, 3.05) is 25.0 Å². The number of nitrogens with one attached hydrogen (secondary N) is 1. The molecule has 1 heterocycles. The molecule has 1 aliphatic rings. The Kier molecular flexibility index (Phi) is 7.62. The standard InChI is InChI=1S/C25H34N2O4S/c1-6-15-31-23-10-8-7-9-22(23)26-25(28)21-11-13-27(14-12-21)32(29,30)24-19(4)17(2)16-18(3)20(24)5/h7-10,16,21H,6,11-15H2,1-5H3,(H,26,28). The summed E-state index contributed by atoms with van der Waals surface area (Å²) in [5, 5.41) is 2.98. The first-order chi connectivity index (χ1) is 15.2. The number of amides is 1. The molecule has 2 aromatic carbocycles. The molecule has 0 aliphatic carbocycles. The first-order valence-corrected chi connectivity index (χ1v) is 12.7. The largest absolute Gasteiger partial charge is 0.491 e. The molecule has 7 heteroatoms. The summed E-state index contributed by atoms with van der Waals surface area (Å²) in [4.78, 5) is 13.3. The van der Waals surface area contributed by atoms with Gasteiger partial charge in [-0.15, -0.1) is 0 Å². The molecule has 32 heavy (non-hydrogen) atoms. The summed E-state index contributed by atoms with van der Waals surface area (Å²) in [5.41, 5.74) is 4.21. The van der Waals surface area contributed by atoms with E-state index in [0.717, 1.165) is 28.7 Å². The first kappa shape index (κ1) is 24.3. The molecule has 174 valence electrons. The van der Waals surface area contributed by atoms with Gasteiger partial charge in [-0.25, -0.2) is 8.42 Å². The molecule has 0 radical (unpaired) electrons. The van der Waals surface area contributed by atoms with E-state index in [-0.39, 0.29) is 11.8 Å². The van der Waals surface area contributed by atoms with Crippen LogP contribution in [0.25, 0.3) is 0 Å². The highest BCUT2D eigenvalue weighted by atomic mass is 32.2. The van der Waals surface area contributed by atoms with E-state index in [9.17, 15) is 13.2 Å². The van der Waals surface area contributed by atoms with Crippen molar-refractivity contribution >= 4 is 21.6 Å². The molecule has 0 aromatic heterocycles. The minimum Gasteiger partial charge on any atom is -0.491 e. The number of hydrogen-bond acceptors (Lipinski definition) is 4. The average Bonchev–Trinajstić information content (AvgIpc) is 2.77. The van der Waals surface area contributed by atoms with Crippen molar-refractivity contribution in [1.82, 2.24) is 4.31 Å². The predicted molar refractivity (Wildman–Crippen MR) is 128 cm³/mol. The molecular formula is C25H34N2O4S. The molecule has 1 amide bonds. The van der Waals surface area contributed by atoms with Crippen LogP contribution >= 0.6 is 0 Å². The molecule has 0 bridgehead atoms. The zero-order valence-corrected chi connectivity index (χ0v) is 20.5. The molecule has 0 unspecified atom stereocenters. The lowest BCUT2D eigenvalue weighted by Gasteiger charge is -2.32. The minimum atomic E-state index is -3.61. The Bertz CT molecular complexity index is 1060. The minimum absolute atomic E-state index is 0.0895. The van der Waals surface area contributed by atoms with Gasteiger partial charge in [0.1, 0.15) is 5.75 Å². The lowest BCUT2D eigenvalue weighted by atomic mass is 9.97. The molecule has 1 N–H and O–H groups in total. The number of carbonyl (C=O) groups excluding carboxylic acids is 1. The summed E-state index contributed by atoms with van der Waals surface area (Å²) in [6, 6.07) is 9.43. The van der Waals surface area contributed by atoms with Crippen molar-refractivity contribution in [3.05, 3.63) is 52.6 Å². The highest BCUT2D eigenvalue weighted by Gasteiger charge is 2.34. The molecule has 6 nitrogen and oxygen atoms in total. The fourth-order valence-corrected chi connectivity index (χ4v) is 6.24. The highest BCUT2D eigenvalue weighted by molar-refractivity contribution is 7.89. The van der Waals surface area contributed by atoms with E-state index in [2.05, 4.69) is 5.32 Å². The summed E-state index contributed by atoms with van der Waals surface area (Å²) in [6.45, 7) is 10.9. The maximum atomic E-state index is 13.5.